The van der Waals surface area contributed by atoms with Crippen molar-refractivity contribution < 1.29 is 9.53 Å². The number of ether oxygens (including phenoxy) is 1. The molecule has 1 heterocycles. The van der Waals surface area contributed by atoms with Gasteiger partial charge in [0.15, 0.2) is 6.61 Å². The van der Waals surface area contributed by atoms with E-state index in [0.717, 1.165) is 22.0 Å². The number of benzene rings is 3. The number of hydrogen-bond donors (Lipinski definition) is 1. The lowest BCUT2D eigenvalue weighted by Crippen LogP contribution is -2.24. The Labute approximate surface area is 200 Å². The molecule has 1 amide bonds. The minimum absolute atomic E-state index is 0.225. The van der Waals surface area contributed by atoms with Crippen LogP contribution in [0.25, 0.3) is 10.9 Å². The van der Waals surface area contributed by atoms with Crippen LogP contribution >= 0.6 is 34.8 Å². The summed E-state index contributed by atoms with van der Waals surface area (Å²) in [6.45, 7) is 0.463. The molecule has 162 valence electrons. The summed E-state index contributed by atoms with van der Waals surface area (Å²) in [4.78, 5) is 12.1. The fourth-order valence-corrected chi connectivity index (χ4v) is 3.83. The van der Waals surface area contributed by atoms with Gasteiger partial charge in [-0.25, -0.2) is 5.43 Å². The Balaban J connectivity index is 1.43. The molecule has 5 nitrogen and oxygen atoms in total. The van der Waals surface area contributed by atoms with Crippen LogP contribution in [0.3, 0.4) is 0 Å². The first-order valence-corrected chi connectivity index (χ1v) is 10.8. The third-order valence-electron chi connectivity index (χ3n) is 4.73. The van der Waals surface area contributed by atoms with Crippen molar-refractivity contribution in [3.05, 3.63) is 99.1 Å². The molecule has 0 bridgehead atoms. The fraction of sp³-hybridized carbons (Fsp3) is 0.0833. The highest BCUT2D eigenvalue weighted by Crippen LogP contribution is 2.27. The summed E-state index contributed by atoms with van der Waals surface area (Å²) in [5, 5.41) is 6.65. The smallest absolute Gasteiger partial charge is 0.277 e. The van der Waals surface area contributed by atoms with Gasteiger partial charge in [-0.1, -0.05) is 65.1 Å². The van der Waals surface area contributed by atoms with Crippen LogP contribution in [0.2, 0.25) is 15.1 Å². The Morgan fingerprint density at radius 1 is 1.00 bits per heavy atom. The van der Waals surface area contributed by atoms with Gasteiger partial charge in [0.05, 0.1) is 11.2 Å². The molecular weight excluding hydrogens is 469 g/mol. The van der Waals surface area contributed by atoms with Crippen molar-refractivity contribution >= 4 is 57.8 Å². The zero-order valence-electron chi connectivity index (χ0n) is 16.8. The second-order valence-corrected chi connectivity index (χ2v) is 8.29. The summed E-state index contributed by atoms with van der Waals surface area (Å²) in [5.74, 6) is -0.0300. The van der Waals surface area contributed by atoms with E-state index in [1.54, 1.807) is 24.4 Å². The largest absolute Gasteiger partial charge is 0.482 e. The van der Waals surface area contributed by atoms with Crippen LogP contribution in [0.5, 0.6) is 5.75 Å². The predicted molar refractivity (Wildman–Crippen MR) is 130 cm³/mol. The lowest BCUT2D eigenvalue weighted by Gasteiger charge is -2.06. The van der Waals surface area contributed by atoms with Crippen molar-refractivity contribution in [3.8, 4) is 5.75 Å². The molecule has 8 heteroatoms. The molecule has 0 spiro atoms. The SMILES string of the molecule is O=C(COc1ccc(Cl)cc1Cl)N/N=C\c1cn(Cc2ccc(Cl)cc2)c2ccccc12. The van der Waals surface area contributed by atoms with Crippen LogP contribution in [0, 0.1) is 0 Å². The first-order valence-electron chi connectivity index (χ1n) is 9.71. The second-order valence-electron chi connectivity index (χ2n) is 7.01. The molecule has 1 N–H and O–H groups in total. The molecule has 0 saturated heterocycles. The number of rotatable bonds is 7. The zero-order valence-corrected chi connectivity index (χ0v) is 19.0. The molecule has 32 heavy (non-hydrogen) atoms. The summed E-state index contributed by atoms with van der Waals surface area (Å²) in [6.07, 6.45) is 3.62. The van der Waals surface area contributed by atoms with Crippen molar-refractivity contribution in [2.45, 2.75) is 6.54 Å². The highest BCUT2D eigenvalue weighted by Gasteiger charge is 2.09. The van der Waals surface area contributed by atoms with Gasteiger partial charge in [0, 0.05) is 39.3 Å². The van der Waals surface area contributed by atoms with Crippen LogP contribution < -0.4 is 10.2 Å². The van der Waals surface area contributed by atoms with Gasteiger partial charge in [0.25, 0.3) is 5.91 Å². The molecule has 1 aromatic heterocycles. The van der Waals surface area contributed by atoms with E-state index in [1.165, 1.54) is 0 Å². The molecule has 0 unspecified atom stereocenters. The molecule has 4 aromatic rings. The number of aromatic nitrogens is 1. The van der Waals surface area contributed by atoms with E-state index in [0.29, 0.717) is 27.4 Å². The van der Waals surface area contributed by atoms with E-state index in [-0.39, 0.29) is 6.61 Å². The number of nitrogens with one attached hydrogen (secondary N) is 1. The van der Waals surface area contributed by atoms with Gasteiger partial charge in [-0.15, -0.1) is 0 Å². The summed E-state index contributed by atoms with van der Waals surface area (Å²) >= 11 is 17.9. The standard InChI is InChI=1S/C24H18Cl3N3O2/c25-18-7-5-16(6-8-18)13-30-14-17(20-3-1-2-4-22(20)30)12-28-29-24(31)15-32-23-10-9-19(26)11-21(23)27/h1-12,14H,13,15H2,(H,29,31)/b28-12-. The van der Waals surface area contributed by atoms with Crippen molar-refractivity contribution in [1.29, 1.82) is 0 Å². The van der Waals surface area contributed by atoms with Gasteiger partial charge in [-0.3, -0.25) is 4.79 Å². The number of amides is 1. The lowest BCUT2D eigenvalue weighted by atomic mass is 10.2. The molecule has 0 atom stereocenters. The van der Waals surface area contributed by atoms with E-state index in [4.69, 9.17) is 39.5 Å². The molecule has 0 fully saturated rings. The van der Waals surface area contributed by atoms with Crippen LogP contribution in [0.1, 0.15) is 11.1 Å². The van der Waals surface area contributed by atoms with Gasteiger partial charge in [-0.05, 0) is 42.0 Å². The minimum atomic E-state index is -0.405. The number of nitrogens with zero attached hydrogens (tertiary/aromatic N) is 2. The summed E-state index contributed by atoms with van der Waals surface area (Å²) in [7, 11) is 0. The van der Waals surface area contributed by atoms with E-state index in [9.17, 15) is 4.79 Å². The molecule has 0 radical (unpaired) electrons. The normalized spacial score (nSPS) is 11.2. The van der Waals surface area contributed by atoms with Gasteiger partial charge >= 0.3 is 0 Å². The van der Waals surface area contributed by atoms with Crippen molar-refractivity contribution in [2.75, 3.05) is 6.61 Å². The van der Waals surface area contributed by atoms with E-state index < -0.39 is 5.91 Å². The average molecular weight is 487 g/mol. The second kappa shape index (κ2) is 10.1. The first-order chi connectivity index (χ1) is 15.5. The number of hydrazone groups is 1. The van der Waals surface area contributed by atoms with Gasteiger partial charge in [0.1, 0.15) is 5.75 Å². The minimum Gasteiger partial charge on any atom is -0.482 e. The molecule has 0 saturated carbocycles. The quantitative estimate of drug-likeness (QED) is 0.250. The molecule has 0 aliphatic carbocycles. The Bertz CT molecular complexity index is 1280. The number of halogens is 3. The molecule has 0 aliphatic heterocycles. The Morgan fingerprint density at radius 2 is 1.75 bits per heavy atom. The number of hydrogen-bond acceptors (Lipinski definition) is 3. The molecule has 4 rings (SSSR count). The summed E-state index contributed by atoms with van der Waals surface area (Å²) < 4.78 is 7.55. The molecule has 3 aromatic carbocycles. The maximum absolute atomic E-state index is 12.1. The average Bonchev–Trinajstić information content (AvgIpc) is 3.12. The van der Waals surface area contributed by atoms with E-state index in [1.807, 2.05) is 54.7 Å². The molecule has 0 aliphatic rings. The van der Waals surface area contributed by atoms with Crippen LogP contribution in [0.4, 0.5) is 0 Å². The highest BCUT2D eigenvalue weighted by molar-refractivity contribution is 6.35. The van der Waals surface area contributed by atoms with Crippen LogP contribution in [0.15, 0.2) is 78.0 Å². The monoisotopic (exact) mass is 485 g/mol. The van der Waals surface area contributed by atoms with E-state index in [2.05, 4.69) is 15.1 Å². The van der Waals surface area contributed by atoms with E-state index >= 15 is 0 Å². The highest BCUT2D eigenvalue weighted by atomic mass is 35.5. The Morgan fingerprint density at radius 3 is 2.53 bits per heavy atom. The van der Waals surface area contributed by atoms with Crippen LogP contribution in [-0.2, 0) is 11.3 Å². The number of fused-ring (bicyclic) bond motifs is 1. The van der Waals surface area contributed by atoms with Gasteiger partial charge in [0.2, 0.25) is 0 Å². The first kappa shape index (κ1) is 22.2. The maximum Gasteiger partial charge on any atom is 0.277 e. The Kier molecular flexibility index (Phi) is 7.00. The third-order valence-corrected chi connectivity index (χ3v) is 5.51. The number of carbonyl (C=O) groups excluding carboxylic acids is 1. The lowest BCUT2D eigenvalue weighted by molar-refractivity contribution is -0.123. The summed E-state index contributed by atoms with van der Waals surface area (Å²) in [5.41, 5.74) is 5.56. The van der Waals surface area contributed by atoms with Crippen molar-refractivity contribution in [3.63, 3.8) is 0 Å². The van der Waals surface area contributed by atoms with Crippen molar-refractivity contribution in [1.82, 2.24) is 9.99 Å². The summed E-state index contributed by atoms with van der Waals surface area (Å²) in [6, 6.07) is 20.6. The Hall–Kier alpha value is -2.99. The maximum atomic E-state index is 12.1. The number of para-hydroxylation sites is 1. The van der Waals surface area contributed by atoms with Crippen LogP contribution in [-0.4, -0.2) is 23.3 Å². The predicted octanol–water partition coefficient (Wildman–Crippen LogP) is 6.18. The van der Waals surface area contributed by atoms with Crippen molar-refractivity contribution in [2.24, 2.45) is 5.10 Å². The topological polar surface area (TPSA) is 55.6 Å². The fourth-order valence-electron chi connectivity index (χ4n) is 3.24. The zero-order chi connectivity index (χ0) is 22.5. The molecular formula is C24H18Cl3N3O2. The van der Waals surface area contributed by atoms with Gasteiger partial charge in [-0.2, -0.15) is 5.10 Å². The number of carbonyl (C=O) groups is 1. The van der Waals surface area contributed by atoms with Gasteiger partial charge < -0.3 is 9.30 Å². The third kappa shape index (κ3) is 5.43.